The smallest absolute Gasteiger partial charge is 0.224 e. The number of hydrogen-bond donors (Lipinski definition) is 1. The topological polar surface area (TPSA) is 46.3 Å². The number of likely N-dealkylation sites (tertiary alicyclic amines) is 1. The summed E-state index contributed by atoms with van der Waals surface area (Å²) in [6.45, 7) is 2.41. The van der Waals surface area contributed by atoms with Crippen molar-refractivity contribution < 1.29 is 4.79 Å². The Labute approximate surface area is 96.9 Å². The minimum absolute atomic E-state index is 0.0368. The number of nitrogens with two attached hydrogens (primary N) is 1. The van der Waals surface area contributed by atoms with Crippen LogP contribution in [0.4, 0.5) is 0 Å². The molecule has 1 fully saturated rings. The molecular formula is C11H21ClN2O. The van der Waals surface area contributed by atoms with Crippen molar-refractivity contribution in [2.45, 2.75) is 43.9 Å². The van der Waals surface area contributed by atoms with Crippen LogP contribution in [0.3, 0.4) is 0 Å². The summed E-state index contributed by atoms with van der Waals surface area (Å²) in [7, 11) is 0. The minimum atomic E-state index is 0.0368. The zero-order valence-corrected chi connectivity index (χ0v) is 10.0. The van der Waals surface area contributed by atoms with Gasteiger partial charge in [0.15, 0.2) is 0 Å². The van der Waals surface area contributed by atoms with Crippen molar-refractivity contribution >= 4 is 17.5 Å². The number of unbranched alkanes of at least 4 members (excludes halogenated alkanes) is 4. The van der Waals surface area contributed by atoms with E-state index < -0.39 is 0 Å². The van der Waals surface area contributed by atoms with Crippen LogP contribution in [-0.4, -0.2) is 35.8 Å². The average Bonchev–Trinajstić information content (AvgIpc) is 2.51. The Bertz CT molecular complexity index is 199. The molecule has 0 aromatic carbocycles. The summed E-state index contributed by atoms with van der Waals surface area (Å²) in [4.78, 5) is 13.3. The third kappa shape index (κ3) is 4.85. The Hall–Kier alpha value is -0.280. The molecule has 1 rings (SSSR count). The van der Waals surface area contributed by atoms with Gasteiger partial charge in [0.2, 0.25) is 5.91 Å². The van der Waals surface area contributed by atoms with E-state index in [0.29, 0.717) is 6.42 Å². The molecule has 0 radical (unpaired) electrons. The van der Waals surface area contributed by atoms with E-state index in [4.69, 9.17) is 17.3 Å². The Balaban J connectivity index is 1.98. The van der Waals surface area contributed by atoms with Gasteiger partial charge in [0.05, 0.1) is 5.38 Å². The molecule has 1 heterocycles. The van der Waals surface area contributed by atoms with Gasteiger partial charge in [0, 0.05) is 19.5 Å². The maximum Gasteiger partial charge on any atom is 0.224 e. The summed E-state index contributed by atoms with van der Waals surface area (Å²) in [6, 6.07) is 0. The highest BCUT2D eigenvalue weighted by Gasteiger charge is 2.26. The number of nitrogens with zero attached hydrogens (tertiary/aromatic N) is 1. The molecule has 0 spiro atoms. The highest BCUT2D eigenvalue weighted by Crippen LogP contribution is 2.17. The van der Waals surface area contributed by atoms with Crippen LogP contribution in [0.1, 0.15) is 38.5 Å². The first-order chi connectivity index (χ1) is 7.24. The first-order valence-electron chi connectivity index (χ1n) is 5.86. The van der Waals surface area contributed by atoms with Crippen molar-refractivity contribution in [2.75, 3.05) is 19.6 Å². The van der Waals surface area contributed by atoms with Crippen LogP contribution in [0.15, 0.2) is 0 Å². The molecule has 88 valence electrons. The van der Waals surface area contributed by atoms with Gasteiger partial charge in [-0.2, -0.15) is 0 Å². The third-order valence-electron chi connectivity index (χ3n) is 2.80. The maximum atomic E-state index is 11.4. The Kier molecular flexibility index (Phi) is 6.03. The van der Waals surface area contributed by atoms with E-state index >= 15 is 0 Å². The molecule has 0 aliphatic carbocycles. The molecule has 0 aromatic heterocycles. The second kappa shape index (κ2) is 7.07. The van der Waals surface area contributed by atoms with Gasteiger partial charge in [-0.3, -0.25) is 4.79 Å². The van der Waals surface area contributed by atoms with Crippen molar-refractivity contribution in [3.8, 4) is 0 Å². The molecule has 1 amide bonds. The van der Waals surface area contributed by atoms with Crippen LogP contribution in [0, 0.1) is 0 Å². The van der Waals surface area contributed by atoms with Gasteiger partial charge in [0.25, 0.3) is 0 Å². The van der Waals surface area contributed by atoms with Crippen molar-refractivity contribution in [1.29, 1.82) is 0 Å². The van der Waals surface area contributed by atoms with Crippen LogP contribution >= 0.6 is 11.6 Å². The molecule has 1 unspecified atom stereocenters. The second-order valence-electron chi connectivity index (χ2n) is 4.20. The molecular weight excluding hydrogens is 212 g/mol. The number of hydrogen-bond acceptors (Lipinski definition) is 2. The van der Waals surface area contributed by atoms with Crippen molar-refractivity contribution in [2.24, 2.45) is 5.73 Å². The van der Waals surface area contributed by atoms with Crippen molar-refractivity contribution in [3.63, 3.8) is 0 Å². The normalized spacial score (nSPS) is 21.3. The van der Waals surface area contributed by atoms with Crippen molar-refractivity contribution in [1.82, 2.24) is 4.90 Å². The van der Waals surface area contributed by atoms with Crippen LogP contribution in [-0.2, 0) is 4.79 Å². The molecule has 1 atom stereocenters. The van der Waals surface area contributed by atoms with E-state index in [-0.39, 0.29) is 11.3 Å². The fourth-order valence-electron chi connectivity index (χ4n) is 1.92. The number of carbonyl (C=O) groups excluding carboxylic acids is 1. The number of amides is 1. The first-order valence-corrected chi connectivity index (χ1v) is 6.29. The Morgan fingerprint density at radius 2 is 1.93 bits per heavy atom. The summed E-state index contributed by atoms with van der Waals surface area (Å²) < 4.78 is 0. The summed E-state index contributed by atoms with van der Waals surface area (Å²) >= 11 is 5.91. The number of carbonyl (C=O) groups is 1. The molecule has 15 heavy (non-hydrogen) atoms. The summed E-state index contributed by atoms with van der Waals surface area (Å²) in [5.41, 5.74) is 5.41. The van der Waals surface area contributed by atoms with Crippen LogP contribution < -0.4 is 5.73 Å². The lowest BCUT2D eigenvalue weighted by Crippen LogP contribution is -2.26. The second-order valence-corrected chi connectivity index (χ2v) is 4.81. The van der Waals surface area contributed by atoms with E-state index in [1.807, 2.05) is 4.90 Å². The van der Waals surface area contributed by atoms with E-state index in [2.05, 4.69) is 0 Å². The lowest BCUT2D eigenvalue weighted by molar-refractivity contribution is -0.127. The Morgan fingerprint density at radius 1 is 1.27 bits per heavy atom. The summed E-state index contributed by atoms with van der Waals surface area (Å²) in [5, 5.41) is 0.0368. The van der Waals surface area contributed by atoms with E-state index in [1.54, 1.807) is 0 Å². The van der Waals surface area contributed by atoms with Crippen LogP contribution in [0.2, 0.25) is 0 Å². The zero-order valence-electron chi connectivity index (χ0n) is 9.25. The van der Waals surface area contributed by atoms with Gasteiger partial charge in [-0.15, -0.1) is 11.6 Å². The summed E-state index contributed by atoms with van der Waals surface area (Å²) in [6.07, 6.45) is 6.36. The quantitative estimate of drug-likeness (QED) is 0.537. The minimum Gasteiger partial charge on any atom is -0.341 e. The Morgan fingerprint density at radius 3 is 2.53 bits per heavy atom. The molecule has 1 aliphatic rings. The van der Waals surface area contributed by atoms with Gasteiger partial charge < -0.3 is 10.6 Å². The molecule has 1 aliphatic heterocycles. The first kappa shape index (κ1) is 12.8. The molecule has 0 aromatic rings. The third-order valence-corrected chi connectivity index (χ3v) is 3.09. The number of halogens is 1. The van der Waals surface area contributed by atoms with Gasteiger partial charge in [-0.1, -0.05) is 19.3 Å². The van der Waals surface area contributed by atoms with Gasteiger partial charge in [0.1, 0.15) is 0 Å². The molecule has 2 N–H and O–H groups in total. The average molecular weight is 233 g/mol. The van der Waals surface area contributed by atoms with Crippen LogP contribution in [0.25, 0.3) is 0 Å². The lowest BCUT2D eigenvalue weighted by Gasteiger charge is -2.15. The van der Waals surface area contributed by atoms with E-state index in [9.17, 15) is 4.79 Å². The SMILES string of the molecule is NCCCCCCCN1CC(Cl)CC1=O. The molecule has 3 nitrogen and oxygen atoms in total. The standard InChI is InChI=1S/C11H21ClN2O/c12-10-8-11(15)14(9-10)7-5-3-1-2-4-6-13/h10H,1-9,13H2. The molecule has 4 heteroatoms. The number of alkyl halides is 1. The molecule has 1 saturated heterocycles. The zero-order chi connectivity index (χ0) is 11.1. The van der Waals surface area contributed by atoms with Gasteiger partial charge in [-0.25, -0.2) is 0 Å². The highest BCUT2D eigenvalue weighted by atomic mass is 35.5. The monoisotopic (exact) mass is 232 g/mol. The lowest BCUT2D eigenvalue weighted by atomic mass is 10.1. The number of rotatable bonds is 7. The summed E-state index contributed by atoms with van der Waals surface area (Å²) in [5.74, 6) is 0.219. The highest BCUT2D eigenvalue weighted by molar-refractivity contribution is 6.22. The largest absolute Gasteiger partial charge is 0.341 e. The predicted octanol–water partition coefficient (Wildman–Crippen LogP) is 1.74. The van der Waals surface area contributed by atoms with Gasteiger partial charge >= 0.3 is 0 Å². The maximum absolute atomic E-state index is 11.4. The van der Waals surface area contributed by atoms with Gasteiger partial charge in [-0.05, 0) is 19.4 Å². The fourth-order valence-corrected chi connectivity index (χ4v) is 2.22. The molecule has 0 bridgehead atoms. The van der Waals surface area contributed by atoms with Crippen molar-refractivity contribution in [3.05, 3.63) is 0 Å². The molecule has 0 saturated carbocycles. The van der Waals surface area contributed by atoms with E-state index in [1.165, 1.54) is 19.3 Å². The fraction of sp³-hybridized carbons (Fsp3) is 0.909. The van der Waals surface area contributed by atoms with E-state index in [0.717, 1.165) is 32.5 Å². The van der Waals surface area contributed by atoms with Crippen LogP contribution in [0.5, 0.6) is 0 Å². The predicted molar refractivity (Wildman–Crippen MR) is 63.0 cm³/mol.